The van der Waals surface area contributed by atoms with E-state index in [2.05, 4.69) is 10.9 Å². The summed E-state index contributed by atoms with van der Waals surface area (Å²) >= 11 is 0. The van der Waals surface area contributed by atoms with Crippen molar-refractivity contribution in [1.82, 2.24) is 10.9 Å². The Morgan fingerprint density at radius 1 is 1.14 bits per heavy atom. The van der Waals surface area contributed by atoms with Gasteiger partial charge in [-0.3, -0.25) is 10.2 Å². The highest BCUT2D eigenvalue weighted by atomic mass is 16.5. The summed E-state index contributed by atoms with van der Waals surface area (Å²) < 4.78 is 17.1. The number of aliphatic hydroxyl groups is 1. The first-order valence-corrected chi connectivity index (χ1v) is 12.5. The molecule has 3 rings (SSSR count). The summed E-state index contributed by atoms with van der Waals surface area (Å²) in [5.41, 5.74) is 6.53. The molecule has 1 atom stereocenters. The molecule has 0 saturated heterocycles. The molecule has 1 aliphatic heterocycles. The summed E-state index contributed by atoms with van der Waals surface area (Å²) in [6.45, 7) is 5.87. The number of amides is 1. The lowest BCUT2D eigenvalue weighted by atomic mass is 9.95. The number of carbonyl (C=O) groups is 1. The van der Waals surface area contributed by atoms with Crippen molar-refractivity contribution in [2.75, 3.05) is 33.0 Å². The predicted molar refractivity (Wildman–Crippen MR) is 141 cm³/mol. The van der Waals surface area contributed by atoms with E-state index in [1.165, 1.54) is 0 Å². The van der Waals surface area contributed by atoms with Crippen molar-refractivity contribution in [3.8, 4) is 5.75 Å². The molecule has 0 saturated carbocycles. The van der Waals surface area contributed by atoms with E-state index in [4.69, 9.17) is 24.3 Å². The SMILES string of the molecule is CC(C)OCCCNNC(=O)[C@]1(C/C=C/c2ccccc2)COC(c2ccc(OCCCO)cc2)=N1. The van der Waals surface area contributed by atoms with Crippen LogP contribution in [0.4, 0.5) is 0 Å². The maximum atomic E-state index is 13.3. The molecular weight excluding hydrogens is 458 g/mol. The number of hydrazine groups is 1. The van der Waals surface area contributed by atoms with Crippen LogP contribution >= 0.6 is 0 Å². The van der Waals surface area contributed by atoms with Gasteiger partial charge < -0.3 is 19.3 Å². The van der Waals surface area contributed by atoms with Crippen LogP contribution in [0.15, 0.2) is 65.7 Å². The number of aliphatic imine (C=N–C) groups is 1. The predicted octanol–water partition coefficient (Wildman–Crippen LogP) is 3.50. The van der Waals surface area contributed by atoms with Crippen molar-refractivity contribution in [2.45, 2.75) is 44.8 Å². The van der Waals surface area contributed by atoms with Gasteiger partial charge in [-0.2, -0.15) is 0 Å². The largest absolute Gasteiger partial charge is 0.494 e. The second kappa shape index (κ2) is 14.4. The zero-order valence-corrected chi connectivity index (χ0v) is 21.1. The quantitative estimate of drug-likeness (QED) is 0.258. The lowest BCUT2D eigenvalue weighted by Gasteiger charge is -2.22. The van der Waals surface area contributed by atoms with E-state index < -0.39 is 5.54 Å². The molecule has 0 aromatic heterocycles. The van der Waals surface area contributed by atoms with Gasteiger partial charge in [0.05, 0.1) is 12.7 Å². The van der Waals surface area contributed by atoms with Gasteiger partial charge in [0.1, 0.15) is 12.4 Å². The lowest BCUT2D eigenvalue weighted by molar-refractivity contribution is -0.127. The van der Waals surface area contributed by atoms with Gasteiger partial charge >= 0.3 is 0 Å². The van der Waals surface area contributed by atoms with Crippen LogP contribution in [-0.2, 0) is 14.3 Å². The Balaban J connectivity index is 1.68. The normalized spacial score (nSPS) is 17.3. The first-order valence-electron chi connectivity index (χ1n) is 12.5. The van der Waals surface area contributed by atoms with Crippen molar-refractivity contribution >= 4 is 17.9 Å². The number of benzene rings is 2. The molecule has 3 N–H and O–H groups in total. The monoisotopic (exact) mass is 495 g/mol. The van der Waals surface area contributed by atoms with Gasteiger partial charge in [0.25, 0.3) is 5.91 Å². The third kappa shape index (κ3) is 8.48. The fourth-order valence-electron chi connectivity index (χ4n) is 3.55. The molecule has 1 heterocycles. The maximum absolute atomic E-state index is 13.3. The highest BCUT2D eigenvalue weighted by Crippen LogP contribution is 2.27. The molecule has 2 aromatic rings. The second-order valence-electron chi connectivity index (χ2n) is 8.86. The Labute approximate surface area is 213 Å². The molecule has 0 unspecified atom stereocenters. The minimum atomic E-state index is -1.08. The molecule has 194 valence electrons. The fourth-order valence-corrected chi connectivity index (χ4v) is 3.55. The first kappa shape index (κ1) is 27.4. The average molecular weight is 496 g/mol. The lowest BCUT2D eigenvalue weighted by Crippen LogP contribution is -2.51. The fraction of sp³-hybridized carbons (Fsp3) is 0.429. The molecule has 0 fully saturated rings. The molecule has 8 heteroatoms. The number of nitrogens with zero attached hydrogens (tertiary/aromatic N) is 1. The standard InChI is InChI=1S/C28H37N3O5/c1-22(2)34-19-7-17-29-31-27(33)28(16-6-11-23-9-4-3-5-10-23)21-36-26(30-28)24-12-14-25(15-13-24)35-20-8-18-32/h3-6,9-15,22,29,32H,7-8,16-21H2,1-2H3,(H,31,33)/b11-6+/t28-/m0/s1. The van der Waals surface area contributed by atoms with Gasteiger partial charge in [-0.25, -0.2) is 10.4 Å². The topological polar surface area (TPSA) is 101 Å². The van der Waals surface area contributed by atoms with Crippen LogP contribution in [0, 0.1) is 0 Å². The Kier molecular flexibility index (Phi) is 10.9. The van der Waals surface area contributed by atoms with Crippen LogP contribution in [0.5, 0.6) is 5.75 Å². The molecule has 0 spiro atoms. The molecule has 0 radical (unpaired) electrons. The van der Waals surface area contributed by atoms with Gasteiger partial charge in [-0.05, 0) is 50.1 Å². The van der Waals surface area contributed by atoms with E-state index in [9.17, 15) is 4.79 Å². The molecule has 1 aliphatic rings. The molecule has 36 heavy (non-hydrogen) atoms. The summed E-state index contributed by atoms with van der Waals surface area (Å²) in [6.07, 6.45) is 5.86. The average Bonchev–Trinajstić information content (AvgIpc) is 3.33. The zero-order valence-electron chi connectivity index (χ0n) is 21.1. The van der Waals surface area contributed by atoms with Gasteiger partial charge in [0.15, 0.2) is 5.54 Å². The number of carbonyl (C=O) groups excluding carboxylic acids is 1. The van der Waals surface area contributed by atoms with Crippen molar-refractivity contribution in [1.29, 1.82) is 0 Å². The third-order valence-electron chi connectivity index (χ3n) is 5.52. The third-order valence-corrected chi connectivity index (χ3v) is 5.52. The van der Waals surface area contributed by atoms with Crippen molar-refractivity contribution in [3.05, 3.63) is 71.8 Å². The molecule has 1 amide bonds. The van der Waals surface area contributed by atoms with Gasteiger partial charge in [-0.15, -0.1) is 0 Å². The molecular formula is C28H37N3O5. The number of ether oxygens (including phenoxy) is 3. The van der Waals surface area contributed by atoms with Crippen molar-refractivity contribution in [3.63, 3.8) is 0 Å². The van der Waals surface area contributed by atoms with E-state index >= 15 is 0 Å². The Morgan fingerprint density at radius 3 is 2.64 bits per heavy atom. The highest BCUT2D eigenvalue weighted by molar-refractivity contribution is 6.00. The molecule has 0 bridgehead atoms. The van der Waals surface area contributed by atoms with E-state index in [1.54, 1.807) is 0 Å². The molecule has 2 aromatic carbocycles. The summed E-state index contributed by atoms with van der Waals surface area (Å²) in [6, 6.07) is 17.3. The van der Waals surface area contributed by atoms with Crippen LogP contribution in [0.1, 0.15) is 44.2 Å². The summed E-state index contributed by atoms with van der Waals surface area (Å²) in [7, 11) is 0. The maximum Gasteiger partial charge on any atom is 0.266 e. The van der Waals surface area contributed by atoms with Crippen LogP contribution in [0.3, 0.4) is 0 Å². The Hall–Kier alpha value is -3.20. The van der Waals surface area contributed by atoms with Gasteiger partial charge in [-0.1, -0.05) is 42.5 Å². The van der Waals surface area contributed by atoms with E-state index in [-0.39, 0.29) is 25.2 Å². The number of hydrogen-bond donors (Lipinski definition) is 3. The number of hydrogen-bond acceptors (Lipinski definition) is 7. The summed E-state index contributed by atoms with van der Waals surface area (Å²) in [5, 5.41) is 8.90. The highest BCUT2D eigenvalue weighted by Gasteiger charge is 2.43. The summed E-state index contributed by atoms with van der Waals surface area (Å²) in [4.78, 5) is 18.0. The Bertz CT molecular complexity index is 992. The van der Waals surface area contributed by atoms with Crippen LogP contribution in [0.25, 0.3) is 6.08 Å². The van der Waals surface area contributed by atoms with Crippen molar-refractivity contribution in [2.24, 2.45) is 4.99 Å². The number of nitrogens with one attached hydrogen (secondary N) is 2. The van der Waals surface area contributed by atoms with Crippen LogP contribution < -0.4 is 15.6 Å². The summed E-state index contributed by atoms with van der Waals surface area (Å²) in [5.74, 6) is 0.876. The second-order valence-corrected chi connectivity index (χ2v) is 8.86. The van der Waals surface area contributed by atoms with E-state index in [0.29, 0.717) is 44.2 Å². The molecule has 0 aliphatic carbocycles. The first-order chi connectivity index (χ1) is 17.5. The van der Waals surface area contributed by atoms with Crippen molar-refractivity contribution < 1.29 is 24.1 Å². The van der Waals surface area contributed by atoms with E-state index in [1.807, 2.05) is 80.6 Å². The minimum Gasteiger partial charge on any atom is -0.494 e. The van der Waals surface area contributed by atoms with Gasteiger partial charge in [0, 0.05) is 38.2 Å². The van der Waals surface area contributed by atoms with Crippen LogP contribution in [0.2, 0.25) is 0 Å². The zero-order chi connectivity index (χ0) is 25.6. The minimum absolute atomic E-state index is 0.0895. The molecule has 8 nitrogen and oxygen atoms in total. The number of aliphatic hydroxyl groups excluding tert-OH is 1. The van der Waals surface area contributed by atoms with Gasteiger partial charge in [0.2, 0.25) is 5.90 Å². The number of rotatable bonds is 15. The Morgan fingerprint density at radius 2 is 1.92 bits per heavy atom. The van der Waals surface area contributed by atoms with E-state index in [0.717, 1.165) is 17.5 Å². The van der Waals surface area contributed by atoms with Crippen LogP contribution in [-0.4, -0.2) is 61.5 Å². The smallest absolute Gasteiger partial charge is 0.266 e.